The molecule has 5 aromatic rings. The molecule has 36 heavy (non-hydrogen) atoms. The highest BCUT2D eigenvalue weighted by atomic mass is 16.5. The van der Waals surface area contributed by atoms with Gasteiger partial charge in [-0.25, -0.2) is 29.3 Å². The van der Waals surface area contributed by atoms with Crippen molar-refractivity contribution >= 4 is 11.0 Å². The molecule has 4 heterocycles. The number of aryl methyl sites for hydroxylation is 1. The Hall–Kier alpha value is -4.34. The minimum absolute atomic E-state index is 0.00164. The second-order valence-electron chi connectivity index (χ2n) is 9.35. The molecule has 0 unspecified atom stereocenters. The molecule has 6 rings (SSSR count). The lowest BCUT2D eigenvalue weighted by molar-refractivity contribution is 0.383. The summed E-state index contributed by atoms with van der Waals surface area (Å²) in [6.07, 6.45) is 7.27. The number of aromatic nitrogens is 8. The highest BCUT2D eigenvalue weighted by Crippen LogP contribution is 2.50. The fraction of sp³-hybridized carbons (Fsp3) is 0.308. The van der Waals surface area contributed by atoms with Gasteiger partial charge >= 0.3 is 0 Å². The van der Waals surface area contributed by atoms with E-state index in [0.717, 1.165) is 52.1 Å². The second kappa shape index (κ2) is 8.40. The van der Waals surface area contributed by atoms with Crippen LogP contribution >= 0.6 is 0 Å². The SMILES string of the molecule is COc1ncnc(C2(C)CC2)c1-c1ncc2cnn(Cc3ccc(-n4nc(C)cc4OC)cc3)c2n1. The number of fused-ring (bicyclic) bond motifs is 1. The Balaban J connectivity index is 1.35. The van der Waals surface area contributed by atoms with Gasteiger partial charge < -0.3 is 9.47 Å². The van der Waals surface area contributed by atoms with Crippen LogP contribution in [-0.2, 0) is 12.0 Å². The molecule has 1 fully saturated rings. The van der Waals surface area contributed by atoms with Crippen LogP contribution in [0.1, 0.15) is 36.7 Å². The zero-order valence-corrected chi connectivity index (χ0v) is 20.6. The standard InChI is InChI=1S/C26H26N8O2/c1-16-11-20(35-3)34(32-16)19-7-5-17(6-8-19)14-33-24-18(13-30-33)12-27-23(31-24)21-22(26(2)9-10-26)28-15-29-25(21)36-4/h5-8,11-13,15H,9-10,14H2,1-4H3. The lowest BCUT2D eigenvalue weighted by atomic mass is 9.99. The maximum absolute atomic E-state index is 5.58. The van der Waals surface area contributed by atoms with Crippen LogP contribution in [0.3, 0.4) is 0 Å². The summed E-state index contributed by atoms with van der Waals surface area (Å²) in [6, 6.07) is 10.1. The zero-order valence-electron chi connectivity index (χ0n) is 20.6. The van der Waals surface area contributed by atoms with Crippen LogP contribution in [0.5, 0.6) is 11.8 Å². The third-order valence-corrected chi connectivity index (χ3v) is 6.70. The van der Waals surface area contributed by atoms with Gasteiger partial charge in [0, 0.05) is 17.7 Å². The zero-order chi connectivity index (χ0) is 24.9. The lowest BCUT2D eigenvalue weighted by Gasteiger charge is -2.15. The molecule has 182 valence electrons. The van der Waals surface area contributed by atoms with E-state index in [1.165, 1.54) is 0 Å². The number of ether oxygens (including phenoxy) is 2. The Bertz CT molecular complexity index is 1570. The van der Waals surface area contributed by atoms with Crippen molar-refractivity contribution in [3.8, 4) is 28.8 Å². The predicted molar refractivity (Wildman–Crippen MR) is 133 cm³/mol. The van der Waals surface area contributed by atoms with Crippen LogP contribution in [0.25, 0.3) is 28.1 Å². The van der Waals surface area contributed by atoms with Crippen molar-refractivity contribution in [3.63, 3.8) is 0 Å². The van der Waals surface area contributed by atoms with Gasteiger partial charge in [0.25, 0.3) is 0 Å². The van der Waals surface area contributed by atoms with E-state index in [1.54, 1.807) is 37.6 Å². The summed E-state index contributed by atoms with van der Waals surface area (Å²) in [5.41, 5.74) is 5.33. The average Bonchev–Trinajstić information content (AvgIpc) is 3.36. The molecule has 0 bridgehead atoms. The third-order valence-electron chi connectivity index (χ3n) is 6.70. The highest BCUT2D eigenvalue weighted by Gasteiger charge is 2.44. The molecule has 0 spiro atoms. The minimum atomic E-state index is 0.00164. The van der Waals surface area contributed by atoms with Crippen molar-refractivity contribution in [1.29, 1.82) is 0 Å². The number of hydrogen-bond donors (Lipinski definition) is 0. The molecule has 10 nitrogen and oxygen atoms in total. The number of rotatable bonds is 7. The Labute approximate surface area is 208 Å². The topological polar surface area (TPSA) is 106 Å². The van der Waals surface area contributed by atoms with Gasteiger partial charge in [-0.05, 0) is 37.5 Å². The molecule has 1 saturated carbocycles. The van der Waals surface area contributed by atoms with Crippen LogP contribution in [0, 0.1) is 6.92 Å². The van der Waals surface area contributed by atoms with Crippen molar-refractivity contribution in [2.24, 2.45) is 0 Å². The molecule has 0 aliphatic heterocycles. The molecule has 1 aliphatic carbocycles. The van der Waals surface area contributed by atoms with Crippen molar-refractivity contribution < 1.29 is 9.47 Å². The summed E-state index contributed by atoms with van der Waals surface area (Å²) < 4.78 is 14.7. The first-order chi connectivity index (χ1) is 17.5. The Morgan fingerprint density at radius 1 is 1.00 bits per heavy atom. The quantitative estimate of drug-likeness (QED) is 0.344. The summed E-state index contributed by atoms with van der Waals surface area (Å²) >= 11 is 0. The molecule has 1 aromatic carbocycles. The van der Waals surface area contributed by atoms with Crippen LogP contribution in [0.2, 0.25) is 0 Å². The highest BCUT2D eigenvalue weighted by molar-refractivity contribution is 5.77. The number of benzene rings is 1. The van der Waals surface area contributed by atoms with E-state index < -0.39 is 0 Å². The summed E-state index contributed by atoms with van der Waals surface area (Å²) in [7, 11) is 3.25. The monoisotopic (exact) mass is 482 g/mol. The Morgan fingerprint density at radius 2 is 1.81 bits per heavy atom. The summed E-state index contributed by atoms with van der Waals surface area (Å²) in [6.45, 7) is 4.70. The molecule has 0 amide bonds. The van der Waals surface area contributed by atoms with Gasteiger partial charge in [-0.1, -0.05) is 19.1 Å². The van der Waals surface area contributed by atoms with E-state index in [-0.39, 0.29) is 5.41 Å². The fourth-order valence-corrected chi connectivity index (χ4v) is 4.43. The van der Waals surface area contributed by atoms with Gasteiger partial charge in [-0.3, -0.25) is 0 Å². The van der Waals surface area contributed by atoms with E-state index in [0.29, 0.717) is 24.1 Å². The summed E-state index contributed by atoms with van der Waals surface area (Å²) in [4.78, 5) is 18.4. The molecule has 0 radical (unpaired) electrons. The summed E-state index contributed by atoms with van der Waals surface area (Å²) in [5.74, 6) is 1.72. The summed E-state index contributed by atoms with van der Waals surface area (Å²) in [5, 5.41) is 9.96. The van der Waals surface area contributed by atoms with E-state index in [1.807, 2.05) is 29.8 Å². The van der Waals surface area contributed by atoms with Gasteiger partial charge in [0.05, 0.1) is 49.4 Å². The maximum atomic E-state index is 5.58. The van der Waals surface area contributed by atoms with E-state index in [4.69, 9.17) is 14.5 Å². The van der Waals surface area contributed by atoms with E-state index >= 15 is 0 Å². The fourth-order valence-electron chi connectivity index (χ4n) is 4.43. The normalized spacial score (nSPS) is 14.2. The van der Waals surface area contributed by atoms with Crippen LogP contribution in [-0.4, -0.2) is 53.7 Å². The first-order valence-corrected chi connectivity index (χ1v) is 11.8. The molecule has 1 aliphatic rings. The maximum Gasteiger partial charge on any atom is 0.227 e. The van der Waals surface area contributed by atoms with Gasteiger partial charge in [-0.15, -0.1) is 0 Å². The first-order valence-electron chi connectivity index (χ1n) is 11.8. The van der Waals surface area contributed by atoms with Crippen LogP contribution < -0.4 is 9.47 Å². The number of methoxy groups -OCH3 is 2. The van der Waals surface area contributed by atoms with Crippen LogP contribution in [0.4, 0.5) is 0 Å². The van der Waals surface area contributed by atoms with Gasteiger partial charge in [0.1, 0.15) is 11.9 Å². The molecular formula is C26H26N8O2. The Morgan fingerprint density at radius 3 is 2.53 bits per heavy atom. The molecule has 0 N–H and O–H groups in total. The Kier molecular flexibility index (Phi) is 5.17. The third kappa shape index (κ3) is 3.74. The van der Waals surface area contributed by atoms with Crippen molar-refractivity contribution in [3.05, 3.63) is 66.0 Å². The van der Waals surface area contributed by atoms with Crippen molar-refractivity contribution in [2.75, 3.05) is 14.2 Å². The second-order valence-corrected chi connectivity index (χ2v) is 9.35. The van der Waals surface area contributed by atoms with Gasteiger partial charge in [0.2, 0.25) is 11.8 Å². The predicted octanol–water partition coefficient (Wildman–Crippen LogP) is 3.89. The first kappa shape index (κ1) is 22.1. The molecule has 4 aromatic heterocycles. The largest absolute Gasteiger partial charge is 0.481 e. The van der Waals surface area contributed by atoms with Gasteiger partial charge in [-0.2, -0.15) is 10.2 Å². The van der Waals surface area contributed by atoms with Crippen molar-refractivity contribution in [2.45, 2.75) is 38.6 Å². The van der Waals surface area contributed by atoms with Gasteiger partial charge in [0.15, 0.2) is 11.5 Å². The molecule has 0 saturated heterocycles. The number of hydrogen-bond acceptors (Lipinski definition) is 8. The smallest absolute Gasteiger partial charge is 0.227 e. The number of nitrogens with zero attached hydrogens (tertiary/aromatic N) is 8. The minimum Gasteiger partial charge on any atom is -0.481 e. The molecular weight excluding hydrogens is 456 g/mol. The van der Waals surface area contributed by atoms with E-state index in [2.05, 4.69) is 44.2 Å². The molecule has 0 atom stereocenters. The van der Waals surface area contributed by atoms with Crippen LogP contribution in [0.15, 0.2) is 49.1 Å². The average molecular weight is 483 g/mol. The molecule has 10 heteroatoms. The van der Waals surface area contributed by atoms with E-state index in [9.17, 15) is 0 Å². The van der Waals surface area contributed by atoms with Crippen molar-refractivity contribution in [1.82, 2.24) is 39.5 Å². The lowest BCUT2D eigenvalue weighted by Crippen LogP contribution is -2.10.